The maximum absolute atomic E-state index is 5.00. The van der Waals surface area contributed by atoms with Crippen molar-refractivity contribution >= 4 is 10.9 Å². The van der Waals surface area contributed by atoms with Crippen LogP contribution in [0.1, 0.15) is 64.8 Å². The van der Waals surface area contributed by atoms with Gasteiger partial charge in [-0.3, -0.25) is 4.98 Å². The highest BCUT2D eigenvalue weighted by Crippen LogP contribution is 2.28. The summed E-state index contributed by atoms with van der Waals surface area (Å²) in [6.07, 6.45) is 2.17. The molecule has 1 unspecified atom stereocenters. The number of rotatable bonds is 5. The number of aromatic nitrogens is 1. The third kappa shape index (κ3) is 3.67. The minimum Gasteiger partial charge on any atom is -0.310 e. The number of benzene rings is 1. The Morgan fingerprint density at radius 2 is 1.86 bits per heavy atom. The van der Waals surface area contributed by atoms with Gasteiger partial charge in [0.05, 0.1) is 5.52 Å². The maximum atomic E-state index is 5.00. The largest absolute Gasteiger partial charge is 0.310 e. The van der Waals surface area contributed by atoms with Crippen LogP contribution in [0.3, 0.4) is 0 Å². The van der Waals surface area contributed by atoms with Gasteiger partial charge in [0.15, 0.2) is 0 Å². The molecule has 0 amide bonds. The van der Waals surface area contributed by atoms with Gasteiger partial charge in [0, 0.05) is 29.1 Å². The lowest BCUT2D eigenvalue weighted by Gasteiger charge is -2.22. The average molecular weight is 298 g/mol. The zero-order valence-corrected chi connectivity index (χ0v) is 15.0. The lowest BCUT2D eigenvalue weighted by Crippen LogP contribution is -2.25. The van der Waals surface area contributed by atoms with E-state index in [0.29, 0.717) is 6.04 Å². The number of hydrogen-bond acceptors (Lipinski definition) is 2. The Balaban J connectivity index is 2.56. The van der Waals surface area contributed by atoms with E-state index in [4.69, 9.17) is 4.98 Å². The molecule has 2 nitrogen and oxygen atoms in total. The molecule has 22 heavy (non-hydrogen) atoms. The fraction of sp³-hybridized carbons (Fsp3) is 0.550. The van der Waals surface area contributed by atoms with Crippen LogP contribution in [0.15, 0.2) is 24.3 Å². The summed E-state index contributed by atoms with van der Waals surface area (Å²) in [5, 5.41) is 4.92. The predicted molar refractivity (Wildman–Crippen MR) is 96.4 cm³/mol. The van der Waals surface area contributed by atoms with E-state index in [1.165, 1.54) is 27.7 Å². The van der Waals surface area contributed by atoms with E-state index < -0.39 is 0 Å². The molecular weight excluding hydrogens is 268 g/mol. The van der Waals surface area contributed by atoms with Crippen LogP contribution >= 0.6 is 0 Å². The Morgan fingerprint density at radius 1 is 1.14 bits per heavy atom. The summed E-state index contributed by atoms with van der Waals surface area (Å²) >= 11 is 0. The summed E-state index contributed by atoms with van der Waals surface area (Å²) in [5.41, 5.74) is 5.14. The molecule has 0 spiro atoms. The first-order valence-corrected chi connectivity index (χ1v) is 8.52. The molecule has 1 aromatic carbocycles. The molecule has 0 radical (unpaired) electrons. The van der Waals surface area contributed by atoms with Crippen molar-refractivity contribution in [1.29, 1.82) is 0 Å². The van der Waals surface area contributed by atoms with Gasteiger partial charge in [0.1, 0.15) is 0 Å². The van der Waals surface area contributed by atoms with Gasteiger partial charge in [-0.15, -0.1) is 0 Å². The molecule has 120 valence electrons. The normalized spacial score (nSPS) is 13.5. The van der Waals surface area contributed by atoms with Crippen LogP contribution in [0.2, 0.25) is 0 Å². The van der Waals surface area contributed by atoms with Gasteiger partial charge in [-0.05, 0) is 37.0 Å². The smallest absolute Gasteiger partial charge is 0.0740 e. The number of para-hydroxylation sites is 1. The molecule has 2 aromatic rings. The van der Waals surface area contributed by atoms with Crippen molar-refractivity contribution in [2.45, 2.75) is 72.4 Å². The first kappa shape index (κ1) is 17.0. The van der Waals surface area contributed by atoms with E-state index in [1.54, 1.807) is 0 Å². The van der Waals surface area contributed by atoms with Crippen LogP contribution in [0.4, 0.5) is 0 Å². The summed E-state index contributed by atoms with van der Waals surface area (Å²) < 4.78 is 0. The van der Waals surface area contributed by atoms with Gasteiger partial charge < -0.3 is 5.32 Å². The van der Waals surface area contributed by atoms with Gasteiger partial charge in [0.2, 0.25) is 0 Å². The SMILES string of the molecule is CCc1cccc2c(CNC(C)CC)cc(C(C)(C)C)nc12. The molecule has 2 rings (SSSR count). The van der Waals surface area contributed by atoms with Crippen LogP contribution in [0.5, 0.6) is 0 Å². The maximum Gasteiger partial charge on any atom is 0.0740 e. The average Bonchev–Trinajstić information content (AvgIpc) is 2.50. The molecule has 0 saturated carbocycles. The highest BCUT2D eigenvalue weighted by Gasteiger charge is 2.18. The summed E-state index contributed by atoms with van der Waals surface area (Å²) in [6, 6.07) is 9.40. The quantitative estimate of drug-likeness (QED) is 0.841. The van der Waals surface area contributed by atoms with E-state index in [0.717, 1.165) is 19.4 Å². The summed E-state index contributed by atoms with van der Waals surface area (Å²) in [4.78, 5) is 5.00. The molecule has 1 heterocycles. The van der Waals surface area contributed by atoms with E-state index in [2.05, 4.69) is 71.1 Å². The topological polar surface area (TPSA) is 24.9 Å². The molecule has 0 aliphatic carbocycles. The second-order valence-corrected chi connectivity index (χ2v) is 7.27. The zero-order chi connectivity index (χ0) is 16.3. The Labute approximate surface area is 135 Å². The fourth-order valence-corrected chi connectivity index (χ4v) is 2.62. The third-order valence-electron chi connectivity index (χ3n) is 4.41. The Bertz CT molecular complexity index is 638. The van der Waals surface area contributed by atoms with Crippen molar-refractivity contribution in [2.24, 2.45) is 0 Å². The Hall–Kier alpha value is -1.41. The van der Waals surface area contributed by atoms with Gasteiger partial charge in [-0.2, -0.15) is 0 Å². The van der Waals surface area contributed by atoms with Gasteiger partial charge in [-0.1, -0.05) is 52.8 Å². The number of fused-ring (bicyclic) bond motifs is 1. The van der Waals surface area contributed by atoms with Gasteiger partial charge >= 0.3 is 0 Å². The van der Waals surface area contributed by atoms with E-state index in [-0.39, 0.29) is 5.41 Å². The van der Waals surface area contributed by atoms with E-state index in [1.807, 2.05) is 0 Å². The van der Waals surface area contributed by atoms with Crippen LogP contribution in [0.25, 0.3) is 10.9 Å². The Morgan fingerprint density at radius 3 is 2.45 bits per heavy atom. The molecular formula is C20H30N2. The monoisotopic (exact) mass is 298 g/mol. The highest BCUT2D eigenvalue weighted by molar-refractivity contribution is 5.85. The number of nitrogens with zero attached hydrogens (tertiary/aromatic N) is 1. The van der Waals surface area contributed by atoms with E-state index >= 15 is 0 Å². The predicted octanol–water partition coefficient (Wildman–Crippen LogP) is 4.98. The molecule has 0 bridgehead atoms. The molecule has 0 aliphatic rings. The van der Waals surface area contributed by atoms with Crippen LogP contribution in [0, 0.1) is 0 Å². The molecule has 1 atom stereocenters. The van der Waals surface area contributed by atoms with Crippen LogP contribution < -0.4 is 5.32 Å². The second-order valence-electron chi connectivity index (χ2n) is 7.27. The molecule has 1 aromatic heterocycles. The summed E-state index contributed by atoms with van der Waals surface area (Å²) in [7, 11) is 0. The van der Waals surface area contributed by atoms with Gasteiger partial charge in [-0.25, -0.2) is 0 Å². The lowest BCUT2D eigenvalue weighted by atomic mass is 9.89. The van der Waals surface area contributed by atoms with Gasteiger partial charge in [0.25, 0.3) is 0 Å². The van der Waals surface area contributed by atoms with Crippen LogP contribution in [-0.4, -0.2) is 11.0 Å². The highest BCUT2D eigenvalue weighted by atomic mass is 14.9. The number of aryl methyl sites for hydroxylation is 1. The summed E-state index contributed by atoms with van der Waals surface area (Å²) in [5.74, 6) is 0. The van der Waals surface area contributed by atoms with Crippen molar-refractivity contribution < 1.29 is 0 Å². The van der Waals surface area contributed by atoms with Crippen LogP contribution in [-0.2, 0) is 18.4 Å². The first-order valence-electron chi connectivity index (χ1n) is 8.52. The van der Waals surface area contributed by atoms with Crippen molar-refractivity contribution in [2.75, 3.05) is 0 Å². The minimum atomic E-state index is 0.0696. The number of hydrogen-bond donors (Lipinski definition) is 1. The van der Waals surface area contributed by atoms with E-state index in [9.17, 15) is 0 Å². The molecule has 2 heteroatoms. The molecule has 1 N–H and O–H groups in total. The fourth-order valence-electron chi connectivity index (χ4n) is 2.62. The molecule has 0 saturated heterocycles. The second kappa shape index (κ2) is 6.78. The van der Waals surface area contributed by atoms with Crippen molar-refractivity contribution in [3.63, 3.8) is 0 Å². The zero-order valence-electron chi connectivity index (χ0n) is 15.0. The standard InChI is InChI=1S/C20H30N2/c1-7-14(3)21-13-16-12-18(20(4,5)6)22-19-15(8-2)10-9-11-17(16)19/h9-12,14,21H,7-8,13H2,1-6H3. The molecule has 0 aliphatic heterocycles. The summed E-state index contributed by atoms with van der Waals surface area (Å²) in [6.45, 7) is 14.3. The molecule has 0 fully saturated rings. The lowest BCUT2D eigenvalue weighted by molar-refractivity contribution is 0.532. The Kier molecular flexibility index (Phi) is 5.23. The first-order chi connectivity index (χ1) is 10.4. The number of pyridine rings is 1. The third-order valence-corrected chi connectivity index (χ3v) is 4.41. The minimum absolute atomic E-state index is 0.0696. The number of nitrogens with one attached hydrogen (secondary N) is 1. The van der Waals surface area contributed by atoms with Crippen molar-refractivity contribution in [3.8, 4) is 0 Å². The van der Waals surface area contributed by atoms with Crippen molar-refractivity contribution in [1.82, 2.24) is 10.3 Å². The van der Waals surface area contributed by atoms with Crippen molar-refractivity contribution in [3.05, 3.63) is 41.1 Å².